The number of carbonyl (C=O) groups excluding carboxylic acids is 4. The average molecular weight is 967 g/mol. The topological polar surface area (TPSA) is 241 Å². The highest BCUT2D eigenvalue weighted by Gasteiger charge is 2.39. The number of carbonyl (C=O) groups is 6. The molecule has 4 aromatic rings. The van der Waals surface area contributed by atoms with Gasteiger partial charge in [0.15, 0.2) is 0 Å². The van der Waals surface area contributed by atoms with Crippen LogP contribution in [0.4, 0.5) is 37.7 Å². The standard InChI is InChI=1S/C42H58N8O4.2C2HF3O2/c51-39(21-23-41(53)49-37-19-9-17-35-33(37)15-11-29-45-35)47-31-13-27-43-25-7-5-3-1-2-4-6-8-26-44-28-14-32-48-40(52)22-24-42(54)50-38-20-10-18-36-34(38)16-12-30-46-36;2*3-2(4,5)1(6)7/h9-12,15-20,29-30,43-44H,1-8,13-14,21-28,31-32H2,(H,47,51)(H,48,52)(H,49,53)(H,50,54);2*(H,6,7). The summed E-state index contributed by atoms with van der Waals surface area (Å²) in [6, 6.07) is 18.7. The molecule has 0 saturated carbocycles. The van der Waals surface area contributed by atoms with E-state index in [-0.39, 0.29) is 49.3 Å². The molecule has 0 aliphatic carbocycles. The molecule has 0 unspecified atom stereocenters. The summed E-state index contributed by atoms with van der Waals surface area (Å²) in [7, 11) is 0. The van der Waals surface area contributed by atoms with Crippen molar-refractivity contribution >= 4 is 68.7 Å². The molecule has 0 aliphatic rings. The van der Waals surface area contributed by atoms with E-state index in [9.17, 15) is 45.5 Å². The molecule has 0 saturated heterocycles. The van der Waals surface area contributed by atoms with Crippen molar-refractivity contribution in [3.8, 4) is 0 Å². The number of fused-ring (bicyclic) bond motifs is 2. The van der Waals surface area contributed by atoms with Crippen LogP contribution < -0.4 is 31.9 Å². The Kier molecular flexibility index (Phi) is 27.4. The van der Waals surface area contributed by atoms with Crippen LogP contribution >= 0.6 is 0 Å². The van der Waals surface area contributed by atoms with Crippen molar-refractivity contribution in [3.63, 3.8) is 0 Å². The first-order chi connectivity index (χ1) is 32.4. The molecule has 16 nitrogen and oxygen atoms in total. The molecule has 22 heteroatoms. The van der Waals surface area contributed by atoms with Gasteiger partial charge in [-0.15, -0.1) is 0 Å². The van der Waals surface area contributed by atoms with Gasteiger partial charge in [-0.05, 0) is 100 Å². The predicted octanol–water partition coefficient (Wildman–Crippen LogP) is 7.50. The lowest BCUT2D eigenvalue weighted by Crippen LogP contribution is -2.28. The number of benzene rings is 2. The van der Waals surface area contributed by atoms with Gasteiger partial charge in [-0.3, -0.25) is 29.1 Å². The molecule has 4 rings (SSSR count). The number of alkyl halides is 6. The molecule has 2 aromatic heterocycles. The van der Waals surface area contributed by atoms with E-state index in [1.807, 2.05) is 60.7 Å². The highest BCUT2D eigenvalue weighted by molar-refractivity contribution is 6.02. The third kappa shape index (κ3) is 26.1. The van der Waals surface area contributed by atoms with Crippen LogP contribution in [-0.2, 0) is 28.8 Å². The molecule has 0 aliphatic heterocycles. The maximum Gasteiger partial charge on any atom is 0.490 e. The number of carboxylic acids is 2. The number of rotatable bonds is 27. The quantitative estimate of drug-likeness (QED) is 0.0214. The molecule has 0 radical (unpaired) electrons. The van der Waals surface area contributed by atoms with Crippen LogP contribution in [0.2, 0.25) is 0 Å². The van der Waals surface area contributed by atoms with Gasteiger partial charge >= 0.3 is 24.3 Å². The van der Waals surface area contributed by atoms with Crippen LogP contribution in [0, 0.1) is 0 Å². The van der Waals surface area contributed by atoms with Gasteiger partial charge in [0.1, 0.15) is 0 Å². The van der Waals surface area contributed by atoms with Gasteiger partial charge in [-0.25, -0.2) is 9.59 Å². The maximum absolute atomic E-state index is 12.4. The van der Waals surface area contributed by atoms with Gasteiger partial charge < -0.3 is 42.1 Å². The van der Waals surface area contributed by atoms with Gasteiger partial charge in [-0.2, -0.15) is 26.3 Å². The Morgan fingerprint density at radius 1 is 0.426 bits per heavy atom. The highest BCUT2D eigenvalue weighted by Crippen LogP contribution is 2.23. The summed E-state index contributed by atoms with van der Waals surface area (Å²) in [4.78, 5) is 75.4. The number of aliphatic carboxylic acids is 2. The van der Waals surface area contributed by atoms with Crippen LogP contribution in [0.25, 0.3) is 21.8 Å². The van der Waals surface area contributed by atoms with E-state index in [0.29, 0.717) is 24.5 Å². The number of anilines is 2. The molecular weight excluding hydrogens is 907 g/mol. The molecule has 0 spiro atoms. The minimum atomic E-state index is -5.08. The van der Waals surface area contributed by atoms with Crippen molar-refractivity contribution in [2.75, 3.05) is 49.9 Å². The number of hydrogen-bond donors (Lipinski definition) is 8. The lowest BCUT2D eigenvalue weighted by atomic mass is 10.1. The lowest BCUT2D eigenvalue weighted by molar-refractivity contribution is -0.193. The predicted molar refractivity (Wildman–Crippen MR) is 245 cm³/mol. The van der Waals surface area contributed by atoms with Crippen LogP contribution in [0.3, 0.4) is 0 Å². The highest BCUT2D eigenvalue weighted by atomic mass is 19.4. The second-order valence-corrected chi connectivity index (χ2v) is 15.2. The van der Waals surface area contributed by atoms with E-state index in [0.717, 1.165) is 73.7 Å². The first-order valence-corrected chi connectivity index (χ1v) is 22.2. The Hall–Kier alpha value is -6.42. The zero-order valence-electron chi connectivity index (χ0n) is 37.6. The van der Waals surface area contributed by atoms with E-state index < -0.39 is 24.3 Å². The van der Waals surface area contributed by atoms with Crippen molar-refractivity contribution in [2.24, 2.45) is 0 Å². The average Bonchev–Trinajstić information content (AvgIpc) is 3.29. The number of unbranched alkanes of at least 4 members (excludes halogenated alkanes) is 7. The zero-order valence-corrected chi connectivity index (χ0v) is 37.6. The van der Waals surface area contributed by atoms with Gasteiger partial charge in [0.25, 0.3) is 0 Å². The van der Waals surface area contributed by atoms with Crippen molar-refractivity contribution in [1.82, 2.24) is 31.2 Å². The van der Waals surface area contributed by atoms with Crippen molar-refractivity contribution < 1.29 is 65.3 Å². The summed E-state index contributed by atoms with van der Waals surface area (Å²) < 4.78 is 63.5. The SMILES string of the molecule is O=C(CCC(=O)Nc1cccc2ncccc12)NCCCNCCCCCCCCCCNCCCNC(=O)CCC(=O)Nc1cccc2ncccc12.O=C(O)C(F)(F)F.O=C(O)C(F)(F)F. The summed E-state index contributed by atoms with van der Waals surface area (Å²) in [6.45, 7) is 4.93. The van der Waals surface area contributed by atoms with E-state index >= 15 is 0 Å². The van der Waals surface area contributed by atoms with E-state index in [4.69, 9.17) is 19.8 Å². The Balaban J connectivity index is 0.000000982. The third-order valence-corrected chi connectivity index (χ3v) is 9.64. The first kappa shape index (κ1) is 57.7. The molecule has 374 valence electrons. The molecular formula is C46H60F6N8O8. The molecule has 0 fully saturated rings. The zero-order chi connectivity index (χ0) is 50.2. The largest absolute Gasteiger partial charge is 0.490 e. The fourth-order valence-corrected chi connectivity index (χ4v) is 6.17. The summed E-state index contributed by atoms with van der Waals surface area (Å²) >= 11 is 0. The molecule has 8 N–H and O–H groups in total. The summed E-state index contributed by atoms with van der Waals surface area (Å²) in [6.07, 6.45) is 5.48. The number of halogens is 6. The molecule has 68 heavy (non-hydrogen) atoms. The number of pyridine rings is 2. The number of carboxylic acid groups (broad SMARTS) is 2. The summed E-state index contributed by atoms with van der Waals surface area (Å²) in [5.41, 5.74) is 3.05. The Bertz CT molecular complexity index is 2020. The van der Waals surface area contributed by atoms with Gasteiger partial charge in [-0.1, -0.05) is 50.7 Å². The van der Waals surface area contributed by atoms with Crippen molar-refractivity contribution in [1.29, 1.82) is 0 Å². The van der Waals surface area contributed by atoms with Crippen LogP contribution in [0.1, 0.15) is 89.9 Å². The lowest BCUT2D eigenvalue weighted by Gasteiger charge is -2.09. The van der Waals surface area contributed by atoms with Gasteiger partial charge in [0, 0.05) is 61.9 Å². The number of aromatic nitrogens is 2. The van der Waals surface area contributed by atoms with E-state index in [1.54, 1.807) is 12.4 Å². The van der Waals surface area contributed by atoms with Crippen LogP contribution in [0.5, 0.6) is 0 Å². The molecule has 0 atom stereocenters. The second-order valence-electron chi connectivity index (χ2n) is 15.2. The smallest absolute Gasteiger partial charge is 0.475 e. The Labute approximate surface area is 389 Å². The monoisotopic (exact) mass is 966 g/mol. The molecule has 4 amide bonds. The van der Waals surface area contributed by atoms with Crippen LogP contribution in [0.15, 0.2) is 73.1 Å². The fraction of sp³-hybridized carbons (Fsp3) is 0.478. The minimum absolute atomic E-state index is 0.105. The number of nitrogens with zero attached hydrogens (tertiary/aromatic N) is 2. The molecule has 0 bridgehead atoms. The maximum atomic E-state index is 12.4. The Morgan fingerprint density at radius 3 is 1.10 bits per heavy atom. The van der Waals surface area contributed by atoms with Crippen LogP contribution in [-0.4, -0.2) is 107 Å². The van der Waals surface area contributed by atoms with Gasteiger partial charge in [0.05, 0.1) is 22.4 Å². The fourth-order valence-electron chi connectivity index (χ4n) is 6.17. The minimum Gasteiger partial charge on any atom is -0.475 e. The third-order valence-electron chi connectivity index (χ3n) is 9.64. The van der Waals surface area contributed by atoms with Gasteiger partial charge in [0.2, 0.25) is 23.6 Å². The van der Waals surface area contributed by atoms with Crippen molar-refractivity contribution in [2.45, 2.75) is 102 Å². The normalized spacial score (nSPS) is 11.1. The second kappa shape index (κ2) is 32.3. The summed E-state index contributed by atoms with van der Waals surface area (Å²) in [5, 5.41) is 34.5. The number of nitrogens with one attached hydrogen (secondary N) is 6. The first-order valence-electron chi connectivity index (χ1n) is 22.2. The van der Waals surface area contributed by atoms with Crippen molar-refractivity contribution in [3.05, 3.63) is 73.1 Å². The molecule has 2 aromatic carbocycles. The number of amides is 4. The number of hydrogen-bond acceptors (Lipinski definition) is 10. The molecule has 2 heterocycles. The van der Waals surface area contributed by atoms with E-state index in [2.05, 4.69) is 41.9 Å². The Morgan fingerprint density at radius 2 is 0.750 bits per heavy atom. The summed E-state index contributed by atoms with van der Waals surface area (Å²) in [5.74, 6) is -6.09. The van der Waals surface area contributed by atoms with E-state index in [1.165, 1.54) is 38.5 Å².